The summed E-state index contributed by atoms with van der Waals surface area (Å²) < 4.78 is 6.00. The lowest BCUT2D eigenvalue weighted by Crippen LogP contribution is -2.40. The Hall–Kier alpha value is -5.18. The molecule has 48 heavy (non-hydrogen) atoms. The van der Waals surface area contributed by atoms with E-state index in [9.17, 15) is 19.2 Å². The van der Waals surface area contributed by atoms with Crippen LogP contribution in [0, 0.1) is 12.8 Å². The van der Waals surface area contributed by atoms with Gasteiger partial charge in [-0.3, -0.25) is 19.2 Å². The number of aromatic nitrogens is 4. The van der Waals surface area contributed by atoms with Gasteiger partial charge in [0.15, 0.2) is 5.69 Å². The third kappa shape index (κ3) is 8.39. The highest BCUT2D eigenvalue weighted by molar-refractivity contribution is 7.09. The fourth-order valence-electron chi connectivity index (χ4n) is 5.24. The van der Waals surface area contributed by atoms with Gasteiger partial charge in [0.05, 0.1) is 11.6 Å². The van der Waals surface area contributed by atoms with Crippen LogP contribution in [0.5, 0.6) is 0 Å². The maximum Gasteiger partial charge on any atom is 0.274 e. The van der Waals surface area contributed by atoms with Crippen LogP contribution in [0.15, 0.2) is 52.5 Å². The van der Waals surface area contributed by atoms with Gasteiger partial charge < -0.3 is 30.6 Å². The second kappa shape index (κ2) is 15.6. The van der Waals surface area contributed by atoms with Gasteiger partial charge in [0.1, 0.15) is 22.5 Å². The molecule has 252 valence electrons. The predicted molar refractivity (Wildman–Crippen MR) is 178 cm³/mol. The third-order valence-corrected chi connectivity index (χ3v) is 8.75. The predicted octanol–water partition coefficient (Wildman–Crippen LogP) is 3.46. The molecule has 14 nitrogen and oxygen atoms in total. The maximum absolute atomic E-state index is 13.5. The first-order chi connectivity index (χ1) is 23.1. The van der Waals surface area contributed by atoms with Crippen LogP contribution in [-0.4, -0.2) is 75.1 Å². The number of thiazole rings is 1. The summed E-state index contributed by atoms with van der Waals surface area (Å²) in [4.78, 5) is 72.3. The number of hydrogen-bond acceptors (Lipinski definition) is 11. The smallest absolute Gasteiger partial charge is 0.274 e. The molecule has 4 bridgehead atoms. The van der Waals surface area contributed by atoms with Crippen molar-refractivity contribution in [3.63, 3.8) is 0 Å². The molecule has 0 unspecified atom stereocenters. The van der Waals surface area contributed by atoms with Crippen LogP contribution in [0.2, 0.25) is 0 Å². The number of amides is 4. The molecule has 1 aromatic carbocycles. The van der Waals surface area contributed by atoms with E-state index >= 15 is 0 Å². The Labute approximate surface area is 282 Å². The summed E-state index contributed by atoms with van der Waals surface area (Å²) in [6, 6.07) is 8.45. The summed E-state index contributed by atoms with van der Waals surface area (Å²) in [6.07, 6.45) is 3.69. The lowest BCUT2D eigenvalue weighted by molar-refractivity contribution is -0.122. The number of carbonyl (C=O) groups is 4. The molecule has 4 aromatic rings. The molecule has 0 saturated heterocycles. The zero-order valence-electron chi connectivity index (χ0n) is 27.3. The van der Waals surface area contributed by atoms with E-state index in [4.69, 9.17) is 4.42 Å². The van der Waals surface area contributed by atoms with Crippen LogP contribution in [0.25, 0.3) is 0 Å². The number of carbonyl (C=O) groups excluding carboxylic acids is 4. The number of oxazole rings is 1. The lowest BCUT2D eigenvalue weighted by Gasteiger charge is -2.23. The third-order valence-electron chi connectivity index (χ3n) is 7.83. The van der Waals surface area contributed by atoms with Gasteiger partial charge in [-0.25, -0.2) is 19.9 Å². The minimum Gasteiger partial charge on any atom is -0.443 e. The molecular weight excluding hydrogens is 634 g/mol. The Balaban J connectivity index is 1.45. The Morgan fingerprint density at radius 3 is 2.52 bits per heavy atom. The maximum atomic E-state index is 13.5. The average molecular weight is 674 g/mol. The molecule has 15 heteroatoms. The number of nitrogens with one attached hydrogen (secondary N) is 4. The number of aryl methyl sites for hydroxylation is 1. The quantitative estimate of drug-likeness (QED) is 0.245. The molecule has 4 amide bonds. The molecule has 3 aromatic heterocycles. The highest BCUT2D eigenvalue weighted by atomic mass is 32.1. The molecule has 0 fully saturated rings. The van der Waals surface area contributed by atoms with Crippen LogP contribution in [-0.2, 0) is 11.2 Å². The summed E-state index contributed by atoms with van der Waals surface area (Å²) in [5.74, 6) is -0.617. The zero-order chi connectivity index (χ0) is 34.2. The average Bonchev–Trinajstić information content (AvgIpc) is 3.73. The van der Waals surface area contributed by atoms with Crippen molar-refractivity contribution >= 4 is 40.9 Å². The van der Waals surface area contributed by atoms with Gasteiger partial charge in [-0.2, -0.15) is 0 Å². The second-order valence-corrected chi connectivity index (χ2v) is 12.6. The number of hydrogen-bond donors (Lipinski definition) is 4. The Kier molecular flexibility index (Phi) is 11.1. The van der Waals surface area contributed by atoms with E-state index in [1.165, 1.54) is 23.7 Å². The SMILES string of the molecule is CNc1ncc(C(=O)N2CCCC(=O)N[C@@H](Cc3ccccc3)c3nc(c(C)o3)C(=O)N[C@@H](C(C)C)c3nc(cs3)C(=O)NCC2)cn1. The molecule has 2 atom stereocenters. The minimum absolute atomic E-state index is 0.0589. The number of rotatable bonds is 5. The van der Waals surface area contributed by atoms with E-state index in [0.29, 0.717) is 29.6 Å². The number of nitrogens with zero attached hydrogens (tertiary/aromatic N) is 5. The molecule has 0 radical (unpaired) electrons. The first-order valence-electron chi connectivity index (χ1n) is 15.8. The second-order valence-electron chi connectivity index (χ2n) is 11.7. The number of anilines is 1. The number of benzene rings is 1. The highest BCUT2D eigenvalue weighted by Crippen LogP contribution is 2.27. The van der Waals surface area contributed by atoms with Gasteiger partial charge in [-0.15, -0.1) is 11.3 Å². The summed E-state index contributed by atoms with van der Waals surface area (Å²) >= 11 is 1.27. The molecule has 0 saturated carbocycles. The Morgan fingerprint density at radius 2 is 1.81 bits per heavy atom. The van der Waals surface area contributed by atoms with Gasteiger partial charge in [0, 0.05) is 57.3 Å². The van der Waals surface area contributed by atoms with Gasteiger partial charge in [0.2, 0.25) is 17.7 Å². The van der Waals surface area contributed by atoms with Crippen LogP contribution < -0.4 is 21.3 Å². The van der Waals surface area contributed by atoms with Crippen molar-refractivity contribution in [3.8, 4) is 0 Å². The molecule has 5 rings (SSSR count). The van der Waals surface area contributed by atoms with Crippen molar-refractivity contribution in [2.75, 3.05) is 32.0 Å². The van der Waals surface area contributed by atoms with Crippen molar-refractivity contribution in [2.24, 2.45) is 5.92 Å². The monoisotopic (exact) mass is 673 g/mol. The van der Waals surface area contributed by atoms with Crippen LogP contribution in [0.4, 0.5) is 5.95 Å². The van der Waals surface area contributed by atoms with Gasteiger partial charge in [0.25, 0.3) is 17.7 Å². The fourth-order valence-corrected chi connectivity index (χ4v) is 6.26. The van der Waals surface area contributed by atoms with Crippen molar-refractivity contribution in [2.45, 2.75) is 52.1 Å². The largest absolute Gasteiger partial charge is 0.443 e. The van der Waals surface area contributed by atoms with E-state index in [0.717, 1.165) is 5.56 Å². The topological polar surface area (TPSA) is 184 Å². The van der Waals surface area contributed by atoms with Crippen molar-refractivity contribution in [1.29, 1.82) is 0 Å². The van der Waals surface area contributed by atoms with Gasteiger partial charge in [-0.1, -0.05) is 44.2 Å². The van der Waals surface area contributed by atoms with E-state index in [2.05, 4.69) is 41.2 Å². The molecule has 4 N–H and O–H groups in total. The van der Waals surface area contributed by atoms with Crippen LogP contribution in [0.1, 0.15) is 92.3 Å². The van der Waals surface area contributed by atoms with Gasteiger partial charge >= 0.3 is 0 Å². The van der Waals surface area contributed by atoms with E-state index in [1.54, 1.807) is 24.3 Å². The molecule has 4 heterocycles. The van der Waals surface area contributed by atoms with Crippen molar-refractivity contribution in [3.05, 3.63) is 87.3 Å². The van der Waals surface area contributed by atoms with E-state index in [-0.39, 0.29) is 66.6 Å². The Bertz CT molecular complexity index is 1740. The van der Waals surface area contributed by atoms with Crippen molar-refractivity contribution in [1.82, 2.24) is 40.8 Å². The van der Waals surface area contributed by atoms with Crippen LogP contribution >= 0.6 is 11.3 Å². The van der Waals surface area contributed by atoms with E-state index in [1.807, 2.05) is 44.2 Å². The minimum atomic E-state index is -0.649. The first kappa shape index (κ1) is 34.2. The number of fused-ring (bicyclic) bond motifs is 4. The van der Waals surface area contributed by atoms with E-state index < -0.39 is 23.9 Å². The van der Waals surface area contributed by atoms with Crippen molar-refractivity contribution < 1.29 is 23.6 Å². The molecule has 1 aliphatic rings. The van der Waals surface area contributed by atoms with Gasteiger partial charge in [-0.05, 0) is 24.8 Å². The van der Waals surface area contributed by atoms with Crippen LogP contribution in [0.3, 0.4) is 0 Å². The normalized spacial score (nSPS) is 18.1. The standard InChI is InChI=1S/C33H39N9O5S/c1-19(2)26-31-39-24(18-48-31)28(44)35-12-14-42(32(46)22-16-36-33(34-4)37-17-22)13-8-11-25(43)38-23(15-21-9-6-5-7-10-21)30-41-27(20(3)47-30)29(45)40-26/h5-7,9-10,16-19,23,26H,8,11-15H2,1-4H3,(H,35,44)(H,38,43)(H,40,45)(H,34,36,37)/t23-,26-/m0/s1. The molecule has 0 aliphatic carbocycles. The molecule has 1 aliphatic heterocycles. The summed E-state index contributed by atoms with van der Waals surface area (Å²) in [5.41, 5.74) is 1.54. The zero-order valence-corrected chi connectivity index (χ0v) is 28.1. The summed E-state index contributed by atoms with van der Waals surface area (Å²) in [7, 11) is 1.68. The summed E-state index contributed by atoms with van der Waals surface area (Å²) in [6.45, 7) is 6.10. The highest BCUT2D eigenvalue weighted by Gasteiger charge is 2.29. The lowest BCUT2D eigenvalue weighted by atomic mass is 10.0. The Morgan fingerprint density at radius 1 is 1.06 bits per heavy atom. The fraction of sp³-hybridized carbons (Fsp3) is 0.394. The molecular formula is C33H39N9O5S. The summed E-state index contributed by atoms with van der Waals surface area (Å²) in [5, 5.41) is 13.9. The first-order valence-corrected chi connectivity index (χ1v) is 16.6. The molecule has 0 spiro atoms.